The first kappa shape index (κ1) is 12.8. The van der Waals surface area contributed by atoms with Crippen LogP contribution in [0.15, 0.2) is 16.6 Å². The number of rotatable bonds is 3. The summed E-state index contributed by atoms with van der Waals surface area (Å²) in [5.41, 5.74) is 7.03. The largest absolute Gasteiger partial charge is 0.363 e. The van der Waals surface area contributed by atoms with Gasteiger partial charge in [-0.2, -0.15) is 0 Å². The molecule has 1 heterocycles. The van der Waals surface area contributed by atoms with Gasteiger partial charge in [-0.05, 0) is 47.8 Å². The van der Waals surface area contributed by atoms with E-state index < -0.39 is 0 Å². The van der Waals surface area contributed by atoms with E-state index >= 15 is 0 Å². The molecule has 0 saturated heterocycles. The van der Waals surface area contributed by atoms with Gasteiger partial charge in [0.1, 0.15) is 5.82 Å². The maximum atomic E-state index is 5.95. The summed E-state index contributed by atoms with van der Waals surface area (Å²) in [6, 6.07) is 4.06. The Hall–Kier alpha value is -0.610. The van der Waals surface area contributed by atoms with E-state index in [0.29, 0.717) is 6.54 Å². The minimum Gasteiger partial charge on any atom is -0.363 e. The molecule has 1 aromatic rings. The molecule has 4 heteroatoms. The zero-order chi connectivity index (χ0) is 12.3. The van der Waals surface area contributed by atoms with Crippen LogP contribution in [0.2, 0.25) is 0 Å². The SMILES string of the molecule is Cc1nc(NC2(CN)CCCCC2)ccc1Br. The van der Waals surface area contributed by atoms with Crippen molar-refractivity contribution < 1.29 is 0 Å². The van der Waals surface area contributed by atoms with Crippen molar-refractivity contribution in [2.45, 2.75) is 44.6 Å². The van der Waals surface area contributed by atoms with Crippen molar-refractivity contribution >= 4 is 21.7 Å². The van der Waals surface area contributed by atoms with Gasteiger partial charge in [0.05, 0.1) is 11.2 Å². The third-order valence-corrected chi connectivity index (χ3v) is 4.45. The summed E-state index contributed by atoms with van der Waals surface area (Å²) in [5, 5.41) is 3.56. The standard InChI is InChI=1S/C13H20BrN3/c1-10-11(14)5-6-12(16-10)17-13(9-15)7-3-2-4-8-13/h5-6H,2-4,7-9,15H2,1H3,(H,16,17). The third-order valence-electron chi connectivity index (χ3n) is 3.62. The molecule has 0 unspecified atom stereocenters. The van der Waals surface area contributed by atoms with Crippen molar-refractivity contribution in [1.29, 1.82) is 0 Å². The van der Waals surface area contributed by atoms with E-state index in [0.717, 1.165) is 28.8 Å². The van der Waals surface area contributed by atoms with Gasteiger partial charge in [0.15, 0.2) is 0 Å². The van der Waals surface area contributed by atoms with Gasteiger partial charge in [0, 0.05) is 11.0 Å². The fourth-order valence-electron chi connectivity index (χ4n) is 2.49. The second-order valence-corrected chi connectivity index (χ2v) is 5.79. The van der Waals surface area contributed by atoms with E-state index in [4.69, 9.17) is 5.73 Å². The van der Waals surface area contributed by atoms with Gasteiger partial charge in [-0.1, -0.05) is 19.3 Å². The molecular weight excluding hydrogens is 278 g/mol. The molecule has 17 heavy (non-hydrogen) atoms. The van der Waals surface area contributed by atoms with Crippen molar-refractivity contribution in [2.75, 3.05) is 11.9 Å². The molecule has 0 radical (unpaired) electrons. The van der Waals surface area contributed by atoms with Crippen molar-refractivity contribution in [3.63, 3.8) is 0 Å². The number of nitrogens with zero attached hydrogens (tertiary/aromatic N) is 1. The second kappa shape index (κ2) is 5.36. The van der Waals surface area contributed by atoms with Crippen LogP contribution in [0.5, 0.6) is 0 Å². The van der Waals surface area contributed by atoms with Gasteiger partial charge in [0.2, 0.25) is 0 Å². The van der Waals surface area contributed by atoms with Gasteiger partial charge in [0.25, 0.3) is 0 Å². The predicted octanol–water partition coefficient (Wildman–Crippen LogP) is 3.23. The summed E-state index contributed by atoms with van der Waals surface area (Å²) in [5.74, 6) is 0.943. The number of aryl methyl sites for hydroxylation is 1. The molecule has 0 amide bonds. The van der Waals surface area contributed by atoms with Crippen molar-refractivity contribution in [2.24, 2.45) is 5.73 Å². The quantitative estimate of drug-likeness (QED) is 0.901. The fourth-order valence-corrected chi connectivity index (χ4v) is 2.71. The molecule has 94 valence electrons. The molecule has 0 atom stereocenters. The average Bonchev–Trinajstić information content (AvgIpc) is 2.35. The molecule has 0 spiro atoms. The van der Waals surface area contributed by atoms with Gasteiger partial charge >= 0.3 is 0 Å². The first-order chi connectivity index (χ1) is 8.15. The van der Waals surface area contributed by atoms with Crippen LogP contribution in [0.1, 0.15) is 37.8 Å². The maximum absolute atomic E-state index is 5.95. The predicted molar refractivity (Wildman–Crippen MR) is 75.2 cm³/mol. The Bertz CT molecular complexity index is 386. The molecule has 1 aliphatic carbocycles. The van der Waals surface area contributed by atoms with E-state index in [1.165, 1.54) is 19.3 Å². The summed E-state index contributed by atoms with van der Waals surface area (Å²) >= 11 is 3.47. The van der Waals surface area contributed by atoms with Crippen LogP contribution in [0.3, 0.4) is 0 Å². The van der Waals surface area contributed by atoms with E-state index in [-0.39, 0.29) is 5.54 Å². The van der Waals surface area contributed by atoms with Crippen LogP contribution in [0.4, 0.5) is 5.82 Å². The molecule has 1 fully saturated rings. The highest BCUT2D eigenvalue weighted by molar-refractivity contribution is 9.10. The minimum absolute atomic E-state index is 0.0610. The molecule has 0 aromatic carbocycles. The lowest BCUT2D eigenvalue weighted by Crippen LogP contribution is -2.47. The Balaban J connectivity index is 2.14. The highest BCUT2D eigenvalue weighted by Crippen LogP contribution is 2.30. The number of anilines is 1. The van der Waals surface area contributed by atoms with E-state index in [9.17, 15) is 0 Å². The number of aromatic nitrogens is 1. The molecule has 3 N–H and O–H groups in total. The number of pyridine rings is 1. The van der Waals surface area contributed by atoms with Crippen molar-refractivity contribution in [1.82, 2.24) is 4.98 Å². The molecule has 1 saturated carbocycles. The number of halogens is 1. The maximum Gasteiger partial charge on any atom is 0.126 e. The summed E-state index contributed by atoms with van der Waals surface area (Å²) in [6.45, 7) is 2.69. The number of hydrogen-bond donors (Lipinski definition) is 2. The second-order valence-electron chi connectivity index (χ2n) is 4.93. The van der Waals surface area contributed by atoms with Gasteiger partial charge < -0.3 is 11.1 Å². The summed E-state index contributed by atoms with van der Waals surface area (Å²) in [7, 11) is 0. The van der Waals surface area contributed by atoms with Gasteiger partial charge in [-0.15, -0.1) is 0 Å². The van der Waals surface area contributed by atoms with Crippen LogP contribution in [-0.2, 0) is 0 Å². The highest BCUT2D eigenvalue weighted by Gasteiger charge is 2.30. The van der Waals surface area contributed by atoms with Crippen LogP contribution in [-0.4, -0.2) is 17.1 Å². The van der Waals surface area contributed by atoms with E-state index in [1.54, 1.807) is 0 Å². The Morgan fingerprint density at radius 1 is 1.35 bits per heavy atom. The average molecular weight is 298 g/mol. The first-order valence-electron chi connectivity index (χ1n) is 6.27. The molecule has 3 nitrogen and oxygen atoms in total. The molecule has 0 aliphatic heterocycles. The van der Waals surface area contributed by atoms with E-state index in [1.807, 2.05) is 19.1 Å². The lowest BCUT2D eigenvalue weighted by Gasteiger charge is -2.37. The number of hydrogen-bond acceptors (Lipinski definition) is 3. The molecule has 2 rings (SSSR count). The van der Waals surface area contributed by atoms with Crippen molar-refractivity contribution in [3.8, 4) is 0 Å². The lowest BCUT2D eigenvalue weighted by atomic mass is 9.81. The van der Waals surface area contributed by atoms with E-state index in [2.05, 4.69) is 26.2 Å². The molecule has 0 bridgehead atoms. The molecule has 1 aromatic heterocycles. The molecular formula is C13H20BrN3. The zero-order valence-corrected chi connectivity index (χ0v) is 11.9. The summed E-state index contributed by atoms with van der Waals surface area (Å²) in [4.78, 5) is 4.55. The Kier molecular flexibility index (Phi) is 4.05. The van der Waals surface area contributed by atoms with Crippen molar-refractivity contribution in [3.05, 3.63) is 22.3 Å². The van der Waals surface area contributed by atoms with Crippen LogP contribution < -0.4 is 11.1 Å². The third kappa shape index (κ3) is 2.99. The van der Waals surface area contributed by atoms with Crippen LogP contribution in [0, 0.1) is 6.92 Å². The Labute approximate surface area is 111 Å². The fraction of sp³-hybridized carbons (Fsp3) is 0.615. The smallest absolute Gasteiger partial charge is 0.126 e. The van der Waals surface area contributed by atoms with Gasteiger partial charge in [-0.25, -0.2) is 4.98 Å². The van der Waals surface area contributed by atoms with Crippen LogP contribution in [0.25, 0.3) is 0 Å². The Morgan fingerprint density at radius 3 is 2.65 bits per heavy atom. The lowest BCUT2D eigenvalue weighted by molar-refractivity contribution is 0.330. The topological polar surface area (TPSA) is 50.9 Å². The summed E-state index contributed by atoms with van der Waals surface area (Å²) < 4.78 is 1.05. The monoisotopic (exact) mass is 297 g/mol. The normalized spacial score (nSPS) is 19.0. The van der Waals surface area contributed by atoms with Gasteiger partial charge in [-0.3, -0.25) is 0 Å². The first-order valence-corrected chi connectivity index (χ1v) is 7.06. The summed E-state index contributed by atoms with van der Waals surface area (Å²) in [6.07, 6.45) is 6.16. The Morgan fingerprint density at radius 2 is 2.06 bits per heavy atom. The minimum atomic E-state index is 0.0610. The number of nitrogens with two attached hydrogens (primary N) is 1. The zero-order valence-electron chi connectivity index (χ0n) is 10.3. The number of nitrogens with one attached hydrogen (secondary N) is 1. The molecule has 1 aliphatic rings. The highest BCUT2D eigenvalue weighted by atomic mass is 79.9. The van der Waals surface area contributed by atoms with Crippen LogP contribution >= 0.6 is 15.9 Å².